The van der Waals surface area contributed by atoms with E-state index in [4.69, 9.17) is 9.47 Å². The smallest absolute Gasteiger partial charge is 0.409 e. The predicted octanol–water partition coefficient (Wildman–Crippen LogP) is 2.10. The third kappa shape index (κ3) is 3.14. The number of nitrogens with zero attached hydrogens (tertiary/aromatic N) is 3. The number of methoxy groups -OCH3 is 1. The van der Waals surface area contributed by atoms with Crippen LogP contribution in [0.3, 0.4) is 0 Å². The molecule has 0 bridgehead atoms. The molecule has 25 heavy (non-hydrogen) atoms. The van der Waals surface area contributed by atoms with Gasteiger partial charge in [-0.1, -0.05) is 6.07 Å². The van der Waals surface area contributed by atoms with E-state index in [0.717, 1.165) is 16.7 Å². The van der Waals surface area contributed by atoms with E-state index >= 15 is 0 Å². The lowest BCUT2D eigenvalue weighted by Gasteiger charge is -2.34. The Kier molecular flexibility index (Phi) is 4.83. The zero-order chi connectivity index (χ0) is 18.0. The molecular formula is C18H23N3O4. The number of hydrogen-bond donors (Lipinski definition) is 0. The number of fused-ring (bicyclic) bond motifs is 1. The average Bonchev–Trinajstić information content (AvgIpc) is 2.98. The number of hydrogen-bond acceptors (Lipinski definition) is 4. The molecule has 1 aliphatic rings. The molecule has 3 rings (SSSR count). The van der Waals surface area contributed by atoms with Crippen LogP contribution in [0.2, 0.25) is 0 Å². The van der Waals surface area contributed by atoms with Gasteiger partial charge in [-0.2, -0.15) is 0 Å². The fourth-order valence-corrected chi connectivity index (χ4v) is 3.19. The maximum atomic E-state index is 12.9. The number of aryl methyl sites for hydroxylation is 1. The van der Waals surface area contributed by atoms with Crippen molar-refractivity contribution < 1.29 is 19.1 Å². The van der Waals surface area contributed by atoms with Gasteiger partial charge in [-0.15, -0.1) is 0 Å². The van der Waals surface area contributed by atoms with Gasteiger partial charge in [-0.25, -0.2) is 4.79 Å². The predicted molar refractivity (Wildman–Crippen MR) is 94.0 cm³/mol. The highest BCUT2D eigenvalue weighted by Crippen LogP contribution is 2.28. The van der Waals surface area contributed by atoms with Crippen molar-refractivity contribution in [2.75, 3.05) is 39.9 Å². The van der Waals surface area contributed by atoms with Crippen LogP contribution in [-0.4, -0.2) is 66.3 Å². The summed E-state index contributed by atoms with van der Waals surface area (Å²) in [5.74, 6) is 0.712. The van der Waals surface area contributed by atoms with Crippen LogP contribution in [0.15, 0.2) is 24.3 Å². The minimum Gasteiger partial charge on any atom is -0.496 e. The first-order valence-corrected chi connectivity index (χ1v) is 8.40. The van der Waals surface area contributed by atoms with E-state index in [2.05, 4.69) is 0 Å². The van der Waals surface area contributed by atoms with Crippen molar-refractivity contribution >= 4 is 22.9 Å². The van der Waals surface area contributed by atoms with E-state index in [1.54, 1.807) is 23.8 Å². The van der Waals surface area contributed by atoms with Crippen molar-refractivity contribution in [3.63, 3.8) is 0 Å². The highest BCUT2D eigenvalue weighted by atomic mass is 16.6. The molecule has 0 atom stereocenters. The van der Waals surface area contributed by atoms with Crippen molar-refractivity contribution in [2.24, 2.45) is 7.05 Å². The topological polar surface area (TPSA) is 64.0 Å². The first-order chi connectivity index (χ1) is 12.1. The number of ether oxygens (including phenoxy) is 2. The summed E-state index contributed by atoms with van der Waals surface area (Å²) in [6.07, 6.45) is -0.316. The zero-order valence-corrected chi connectivity index (χ0v) is 14.8. The highest BCUT2D eigenvalue weighted by molar-refractivity contribution is 6.00. The summed E-state index contributed by atoms with van der Waals surface area (Å²) in [5.41, 5.74) is 1.57. The maximum Gasteiger partial charge on any atom is 0.409 e. The molecule has 1 saturated heterocycles. The van der Waals surface area contributed by atoms with E-state index in [1.807, 2.05) is 35.9 Å². The summed E-state index contributed by atoms with van der Waals surface area (Å²) in [5, 5.41) is 0.918. The van der Waals surface area contributed by atoms with Crippen molar-refractivity contribution in [1.82, 2.24) is 14.4 Å². The number of aromatic nitrogens is 1. The molecule has 2 amide bonds. The molecule has 0 radical (unpaired) electrons. The van der Waals surface area contributed by atoms with Gasteiger partial charge in [-0.05, 0) is 25.1 Å². The third-order valence-electron chi connectivity index (χ3n) is 4.58. The number of piperazine rings is 1. The largest absolute Gasteiger partial charge is 0.496 e. The quantitative estimate of drug-likeness (QED) is 0.855. The van der Waals surface area contributed by atoms with Crippen LogP contribution in [0.25, 0.3) is 10.9 Å². The van der Waals surface area contributed by atoms with E-state index in [1.165, 1.54) is 0 Å². The van der Waals surface area contributed by atoms with Crippen LogP contribution in [-0.2, 0) is 11.8 Å². The zero-order valence-electron chi connectivity index (χ0n) is 14.8. The van der Waals surface area contributed by atoms with Crippen LogP contribution in [0.4, 0.5) is 4.79 Å². The normalized spacial score (nSPS) is 14.7. The number of benzene rings is 1. The Morgan fingerprint density at radius 1 is 1.12 bits per heavy atom. The van der Waals surface area contributed by atoms with Gasteiger partial charge >= 0.3 is 6.09 Å². The minimum atomic E-state index is -0.316. The van der Waals surface area contributed by atoms with E-state index in [0.29, 0.717) is 38.5 Å². The fraction of sp³-hybridized carbons (Fsp3) is 0.444. The summed E-state index contributed by atoms with van der Waals surface area (Å²) >= 11 is 0. The van der Waals surface area contributed by atoms with Gasteiger partial charge in [0.25, 0.3) is 5.91 Å². The van der Waals surface area contributed by atoms with Crippen LogP contribution in [0.1, 0.15) is 17.4 Å². The Hall–Kier alpha value is -2.70. The second kappa shape index (κ2) is 7.04. The third-order valence-corrected chi connectivity index (χ3v) is 4.58. The molecule has 0 unspecified atom stereocenters. The lowest BCUT2D eigenvalue weighted by molar-refractivity contribution is 0.0563. The Bertz CT molecular complexity index is 791. The molecule has 1 fully saturated rings. The monoisotopic (exact) mass is 345 g/mol. The summed E-state index contributed by atoms with van der Waals surface area (Å²) < 4.78 is 12.3. The molecule has 0 spiro atoms. The molecule has 1 aromatic heterocycles. The number of rotatable bonds is 3. The second-order valence-electron chi connectivity index (χ2n) is 5.96. The summed E-state index contributed by atoms with van der Waals surface area (Å²) in [4.78, 5) is 28.1. The molecule has 1 aliphatic heterocycles. The van der Waals surface area contributed by atoms with Crippen LogP contribution >= 0.6 is 0 Å². The Balaban J connectivity index is 1.77. The Morgan fingerprint density at radius 3 is 2.44 bits per heavy atom. The molecule has 134 valence electrons. The van der Waals surface area contributed by atoms with Gasteiger partial charge in [0.15, 0.2) is 0 Å². The molecule has 0 aliphatic carbocycles. The molecular weight excluding hydrogens is 322 g/mol. The minimum absolute atomic E-state index is 0.0377. The lowest BCUT2D eigenvalue weighted by atomic mass is 10.2. The average molecular weight is 345 g/mol. The van der Waals surface area contributed by atoms with E-state index in [-0.39, 0.29) is 12.0 Å². The van der Waals surface area contributed by atoms with Gasteiger partial charge in [0.1, 0.15) is 11.4 Å². The SMILES string of the molecule is CCOC(=O)N1CCN(C(=O)c2cc3c(OC)cccc3n2C)CC1. The van der Waals surface area contributed by atoms with Crippen molar-refractivity contribution in [3.05, 3.63) is 30.0 Å². The molecule has 0 N–H and O–H groups in total. The summed E-state index contributed by atoms with van der Waals surface area (Å²) in [6, 6.07) is 7.63. The van der Waals surface area contributed by atoms with E-state index < -0.39 is 0 Å². The first kappa shape index (κ1) is 17.1. The van der Waals surface area contributed by atoms with Crippen molar-refractivity contribution in [2.45, 2.75) is 6.92 Å². The van der Waals surface area contributed by atoms with Gasteiger partial charge in [-0.3, -0.25) is 4.79 Å². The lowest BCUT2D eigenvalue weighted by Crippen LogP contribution is -2.51. The molecule has 2 aromatic rings. The molecule has 2 heterocycles. The van der Waals surface area contributed by atoms with Crippen molar-refractivity contribution in [1.29, 1.82) is 0 Å². The van der Waals surface area contributed by atoms with Crippen LogP contribution < -0.4 is 4.74 Å². The highest BCUT2D eigenvalue weighted by Gasteiger charge is 2.27. The van der Waals surface area contributed by atoms with Crippen LogP contribution in [0, 0.1) is 0 Å². The van der Waals surface area contributed by atoms with Crippen molar-refractivity contribution in [3.8, 4) is 5.75 Å². The van der Waals surface area contributed by atoms with Gasteiger partial charge in [0, 0.05) is 38.6 Å². The van der Waals surface area contributed by atoms with Gasteiger partial charge in [0.05, 0.1) is 19.2 Å². The molecule has 7 nitrogen and oxygen atoms in total. The van der Waals surface area contributed by atoms with Gasteiger partial charge < -0.3 is 23.8 Å². The Morgan fingerprint density at radius 2 is 1.80 bits per heavy atom. The number of carbonyl (C=O) groups excluding carboxylic acids is 2. The molecule has 7 heteroatoms. The summed E-state index contributed by atoms with van der Waals surface area (Å²) in [7, 11) is 3.50. The molecule has 1 aromatic carbocycles. The molecule has 0 saturated carbocycles. The first-order valence-electron chi connectivity index (χ1n) is 8.40. The standard InChI is InChI=1S/C18H23N3O4/c1-4-25-18(23)21-10-8-20(9-11-21)17(22)15-12-13-14(19(15)2)6-5-7-16(13)24-3/h5-7,12H,4,8-11H2,1-3H3. The van der Waals surface area contributed by atoms with Gasteiger partial charge in [0.2, 0.25) is 0 Å². The fourth-order valence-electron chi connectivity index (χ4n) is 3.19. The number of amides is 2. The maximum absolute atomic E-state index is 12.9. The second-order valence-corrected chi connectivity index (χ2v) is 5.96. The van der Waals surface area contributed by atoms with Crippen LogP contribution in [0.5, 0.6) is 5.75 Å². The van der Waals surface area contributed by atoms with E-state index in [9.17, 15) is 9.59 Å². The summed E-state index contributed by atoms with van der Waals surface area (Å²) in [6.45, 7) is 4.10. The number of carbonyl (C=O) groups is 2. The Labute approximate surface area is 146 Å².